The fraction of sp³-hybridized carbons (Fsp3) is 0.400. The third-order valence-electron chi connectivity index (χ3n) is 2.90. The molecule has 0 aliphatic heterocycles. The third kappa shape index (κ3) is 3.58. The van der Waals surface area contributed by atoms with Crippen molar-refractivity contribution in [3.8, 4) is 11.3 Å². The van der Waals surface area contributed by atoms with Crippen LogP contribution in [0.1, 0.15) is 26.3 Å². The Hall–Kier alpha value is -1.39. The topological polar surface area (TPSA) is 29.9 Å². The monoisotopic (exact) mass is 295 g/mol. The first-order valence-electron chi connectivity index (χ1n) is 6.49. The molecule has 5 heteroatoms. The lowest BCUT2D eigenvalue weighted by molar-refractivity contribution is 0.424. The number of nitrogens with one attached hydrogen (secondary N) is 1. The Morgan fingerprint density at radius 2 is 2.05 bits per heavy atom. The Morgan fingerprint density at radius 1 is 1.35 bits per heavy atom. The molecular formula is C15H19ClFN3. The van der Waals surface area contributed by atoms with E-state index in [0.717, 1.165) is 16.8 Å². The Bertz CT molecular complexity index is 614. The predicted molar refractivity (Wildman–Crippen MR) is 80.2 cm³/mol. The molecule has 1 aromatic carbocycles. The van der Waals surface area contributed by atoms with Gasteiger partial charge in [-0.25, -0.2) is 4.39 Å². The molecule has 3 nitrogen and oxygen atoms in total. The summed E-state index contributed by atoms with van der Waals surface area (Å²) in [7, 11) is 1.86. The van der Waals surface area contributed by atoms with E-state index in [9.17, 15) is 4.39 Å². The van der Waals surface area contributed by atoms with Gasteiger partial charge in [-0.1, -0.05) is 11.6 Å². The van der Waals surface area contributed by atoms with Crippen molar-refractivity contribution in [1.82, 2.24) is 15.1 Å². The molecule has 0 saturated carbocycles. The number of aromatic nitrogens is 2. The normalized spacial score (nSPS) is 11.9. The summed E-state index contributed by atoms with van der Waals surface area (Å²) in [6.07, 6.45) is 1.95. The summed E-state index contributed by atoms with van der Waals surface area (Å²) in [6.45, 7) is 7.00. The van der Waals surface area contributed by atoms with Crippen molar-refractivity contribution in [1.29, 1.82) is 0 Å². The lowest BCUT2D eigenvalue weighted by Gasteiger charge is -2.20. The van der Waals surface area contributed by atoms with Crippen LogP contribution in [0.4, 0.5) is 4.39 Å². The van der Waals surface area contributed by atoms with Gasteiger partial charge in [0.2, 0.25) is 0 Å². The van der Waals surface area contributed by atoms with E-state index < -0.39 is 0 Å². The van der Waals surface area contributed by atoms with Crippen LogP contribution in [0.15, 0.2) is 24.4 Å². The van der Waals surface area contributed by atoms with Crippen LogP contribution in [0.3, 0.4) is 0 Å². The highest BCUT2D eigenvalue weighted by Gasteiger charge is 2.16. The first-order valence-corrected chi connectivity index (χ1v) is 6.87. The van der Waals surface area contributed by atoms with E-state index in [2.05, 4.69) is 31.2 Å². The van der Waals surface area contributed by atoms with Gasteiger partial charge in [0.05, 0.1) is 10.7 Å². The molecule has 0 bridgehead atoms. The number of halogens is 2. The molecule has 2 aromatic rings. The largest absolute Gasteiger partial charge is 0.308 e. The maximum atomic E-state index is 13.2. The lowest BCUT2D eigenvalue weighted by Crippen LogP contribution is -2.35. The molecule has 108 valence electrons. The summed E-state index contributed by atoms with van der Waals surface area (Å²) in [5, 5.41) is 8.24. The second-order valence-electron chi connectivity index (χ2n) is 5.90. The molecule has 0 aliphatic carbocycles. The molecule has 0 radical (unpaired) electrons. The van der Waals surface area contributed by atoms with Gasteiger partial charge in [0.1, 0.15) is 5.82 Å². The van der Waals surface area contributed by atoms with Crippen molar-refractivity contribution < 1.29 is 4.39 Å². The van der Waals surface area contributed by atoms with Gasteiger partial charge in [0.15, 0.2) is 0 Å². The van der Waals surface area contributed by atoms with Gasteiger partial charge in [-0.2, -0.15) is 5.10 Å². The summed E-state index contributed by atoms with van der Waals surface area (Å²) in [4.78, 5) is 0. The van der Waals surface area contributed by atoms with Crippen molar-refractivity contribution in [3.05, 3.63) is 40.8 Å². The average molecular weight is 296 g/mol. The fourth-order valence-electron chi connectivity index (χ4n) is 1.94. The second kappa shape index (κ2) is 5.54. The van der Waals surface area contributed by atoms with Gasteiger partial charge in [-0.15, -0.1) is 0 Å². The van der Waals surface area contributed by atoms with Gasteiger partial charge in [0, 0.05) is 36.5 Å². The molecule has 1 N–H and O–H groups in total. The van der Waals surface area contributed by atoms with Crippen LogP contribution in [-0.4, -0.2) is 15.3 Å². The number of benzene rings is 1. The van der Waals surface area contributed by atoms with E-state index in [1.54, 1.807) is 10.7 Å². The van der Waals surface area contributed by atoms with E-state index in [-0.39, 0.29) is 11.4 Å². The Morgan fingerprint density at radius 3 is 2.65 bits per heavy atom. The zero-order valence-corrected chi connectivity index (χ0v) is 12.9. The third-order valence-corrected chi connectivity index (χ3v) is 3.21. The smallest absolute Gasteiger partial charge is 0.124 e. The summed E-state index contributed by atoms with van der Waals surface area (Å²) >= 11 is 6.13. The molecule has 0 unspecified atom stereocenters. The molecule has 0 spiro atoms. The van der Waals surface area contributed by atoms with Crippen molar-refractivity contribution in [2.45, 2.75) is 32.9 Å². The van der Waals surface area contributed by atoms with Crippen LogP contribution in [0.5, 0.6) is 0 Å². The average Bonchev–Trinajstić information content (AvgIpc) is 2.67. The maximum Gasteiger partial charge on any atom is 0.124 e. The number of hydrogen-bond donors (Lipinski definition) is 1. The molecule has 20 heavy (non-hydrogen) atoms. The van der Waals surface area contributed by atoms with E-state index in [0.29, 0.717) is 11.6 Å². The molecule has 0 atom stereocenters. The molecule has 0 fully saturated rings. The SMILES string of the molecule is Cn1cc(CNC(C)(C)C)c(-c2ccc(F)cc2Cl)n1. The van der Waals surface area contributed by atoms with E-state index in [1.165, 1.54) is 12.1 Å². The molecule has 0 aliphatic rings. The molecular weight excluding hydrogens is 277 g/mol. The maximum absolute atomic E-state index is 13.2. The minimum absolute atomic E-state index is 0.0136. The molecule has 1 heterocycles. The highest BCUT2D eigenvalue weighted by atomic mass is 35.5. The van der Waals surface area contributed by atoms with Crippen molar-refractivity contribution in [3.63, 3.8) is 0 Å². The van der Waals surface area contributed by atoms with Crippen LogP contribution in [0.25, 0.3) is 11.3 Å². The van der Waals surface area contributed by atoms with Gasteiger partial charge < -0.3 is 5.32 Å². The van der Waals surface area contributed by atoms with E-state index >= 15 is 0 Å². The highest BCUT2D eigenvalue weighted by molar-refractivity contribution is 6.33. The molecule has 0 saturated heterocycles. The number of rotatable bonds is 3. The van der Waals surface area contributed by atoms with Gasteiger partial charge >= 0.3 is 0 Å². The quantitative estimate of drug-likeness (QED) is 0.934. The zero-order chi connectivity index (χ0) is 14.9. The van der Waals surface area contributed by atoms with Gasteiger partial charge in [0.25, 0.3) is 0 Å². The second-order valence-corrected chi connectivity index (χ2v) is 6.31. The standard InChI is InChI=1S/C15H19ClFN3/c1-15(2,3)18-8-10-9-20(4)19-14(10)12-6-5-11(17)7-13(12)16/h5-7,9,18H,8H2,1-4H3. The van der Waals surface area contributed by atoms with Crippen molar-refractivity contribution >= 4 is 11.6 Å². The van der Waals surface area contributed by atoms with E-state index in [1.807, 2.05) is 13.2 Å². The predicted octanol–water partition coefficient (Wildman–Crippen LogP) is 3.77. The summed E-state index contributed by atoms with van der Waals surface area (Å²) in [5.41, 5.74) is 2.59. The Kier molecular flexibility index (Phi) is 4.16. The highest BCUT2D eigenvalue weighted by Crippen LogP contribution is 2.30. The molecule has 0 amide bonds. The summed E-state index contributed by atoms with van der Waals surface area (Å²) in [6, 6.07) is 4.38. The van der Waals surface area contributed by atoms with Crippen molar-refractivity contribution in [2.75, 3.05) is 0 Å². The van der Waals surface area contributed by atoms with Crippen LogP contribution in [0, 0.1) is 5.82 Å². The fourth-order valence-corrected chi connectivity index (χ4v) is 2.19. The minimum Gasteiger partial charge on any atom is -0.308 e. The zero-order valence-electron chi connectivity index (χ0n) is 12.2. The number of hydrogen-bond acceptors (Lipinski definition) is 2. The molecule has 1 aromatic heterocycles. The number of aryl methyl sites for hydroxylation is 1. The van der Waals surface area contributed by atoms with E-state index in [4.69, 9.17) is 11.6 Å². The van der Waals surface area contributed by atoms with Crippen LogP contribution in [0.2, 0.25) is 5.02 Å². The summed E-state index contributed by atoms with van der Waals surface area (Å²) in [5.74, 6) is -0.343. The van der Waals surface area contributed by atoms with Crippen LogP contribution in [-0.2, 0) is 13.6 Å². The molecule has 2 rings (SSSR count). The van der Waals surface area contributed by atoms with Crippen molar-refractivity contribution in [2.24, 2.45) is 7.05 Å². The summed E-state index contributed by atoms with van der Waals surface area (Å²) < 4.78 is 14.9. The van der Waals surface area contributed by atoms with Gasteiger partial charge in [-0.3, -0.25) is 4.68 Å². The van der Waals surface area contributed by atoms with Gasteiger partial charge in [-0.05, 0) is 39.0 Å². The first kappa shape index (κ1) is 15.0. The Labute approximate surface area is 123 Å². The number of nitrogens with zero attached hydrogens (tertiary/aromatic N) is 2. The van der Waals surface area contributed by atoms with Crippen LogP contribution < -0.4 is 5.32 Å². The minimum atomic E-state index is -0.343. The Balaban J connectivity index is 2.36. The first-order chi connectivity index (χ1) is 9.26. The van der Waals surface area contributed by atoms with Crippen LogP contribution >= 0.6 is 11.6 Å². The lowest BCUT2D eigenvalue weighted by atomic mass is 10.1.